The average molecular weight is 254 g/mol. The molecule has 0 spiro atoms. The van der Waals surface area contributed by atoms with Crippen LogP contribution in [0.5, 0.6) is 0 Å². The highest BCUT2D eigenvalue weighted by Crippen LogP contribution is 2.14. The minimum Gasteiger partial charge on any atom is -0.456 e. The first-order valence-corrected chi connectivity index (χ1v) is 5.57. The zero-order valence-corrected chi connectivity index (χ0v) is 10.9. The monoisotopic (exact) mass is 254 g/mol. The van der Waals surface area contributed by atoms with Crippen molar-refractivity contribution in [3.8, 4) is 0 Å². The quantitative estimate of drug-likeness (QED) is 0.411. The number of carbonyl (C=O) groups excluding carboxylic acids is 1. The predicted molar refractivity (Wildman–Crippen MR) is 68.7 cm³/mol. The van der Waals surface area contributed by atoms with Gasteiger partial charge in [-0.15, -0.1) is 12.6 Å². The molecule has 6 heteroatoms. The average Bonchev–Trinajstić information content (AvgIpc) is 2.13. The summed E-state index contributed by atoms with van der Waals surface area (Å²) in [6.07, 6.45) is 0. The highest BCUT2D eigenvalue weighted by atomic mass is 32.1. The van der Waals surface area contributed by atoms with Crippen LogP contribution in [-0.2, 0) is 4.74 Å². The fourth-order valence-electron chi connectivity index (χ4n) is 1.24. The standard InChI is InChI=1S/C11H15BO4S/c1-11(2,3)16-10(13)7-4-8(12(14)15)6-9(17)5-7/h4-6,14-15,17H,1-3H3. The summed E-state index contributed by atoms with van der Waals surface area (Å²) in [5.41, 5.74) is -0.143. The molecule has 0 fully saturated rings. The Morgan fingerprint density at radius 1 is 1.29 bits per heavy atom. The van der Waals surface area contributed by atoms with E-state index in [1.807, 2.05) is 0 Å². The van der Waals surface area contributed by atoms with E-state index in [0.29, 0.717) is 4.90 Å². The Kier molecular flexibility index (Phi) is 4.24. The topological polar surface area (TPSA) is 66.8 Å². The fraction of sp³-hybridized carbons (Fsp3) is 0.364. The van der Waals surface area contributed by atoms with Gasteiger partial charge in [0, 0.05) is 4.90 Å². The predicted octanol–water partition coefficient (Wildman–Crippen LogP) is 0.610. The molecule has 1 aromatic rings. The molecule has 0 bridgehead atoms. The van der Waals surface area contributed by atoms with Gasteiger partial charge in [-0.1, -0.05) is 0 Å². The molecule has 0 atom stereocenters. The van der Waals surface area contributed by atoms with Gasteiger partial charge in [0.1, 0.15) is 5.60 Å². The van der Waals surface area contributed by atoms with E-state index in [2.05, 4.69) is 12.6 Å². The second-order valence-corrected chi connectivity index (χ2v) is 5.21. The maximum atomic E-state index is 11.8. The number of carbonyl (C=O) groups is 1. The zero-order valence-electron chi connectivity index (χ0n) is 9.97. The summed E-state index contributed by atoms with van der Waals surface area (Å²) in [6.45, 7) is 5.28. The SMILES string of the molecule is CC(C)(C)OC(=O)c1cc(S)cc(B(O)O)c1. The molecule has 1 aromatic carbocycles. The van der Waals surface area contributed by atoms with Crippen LogP contribution in [0.25, 0.3) is 0 Å². The number of thiol groups is 1. The summed E-state index contributed by atoms with van der Waals surface area (Å²) >= 11 is 4.09. The van der Waals surface area contributed by atoms with Gasteiger partial charge in [0.25, 0.3) is 0 Å². The van der Waals surface area contributed by atoms with Crippen molar-refractivity contribution in [3.63, 3.8) is 0 Å². The smallest absolute Gasteiger partial charge is 0.456 e. The number of rotatable bonds is 2. The van der Waals surface area contributed by atoms with E-state index in [9.17, 15) is 4.79 Å². The van der Waals surface area contributed by atoms with E-state index in [0.717, 1.165) is 0 Å². The van der Waals surface area contributed by atoms with Gasteiger partial charge in [0.2, 0.25) is 0 Å². The molecule has 0 aromatic heterocycles. The van der Waals surface area contributed by atoms with Crippen LogP contribution in [0.4, 0.5) is 0 Å². The number of benzene rings is 1. The van der Waals surface area contributed by atoms with Crippen molar-refractivity contribution >= 4 is 31.2 Å². The van der Waals surface area contributed by atoms with Gasteiger partial charge in [0.05, 0.1) is 5.56 Å². The maximum absolute atomic E-state index is 11.8. The van der Waals surface area contributed by atoms with Gasteiger partial charge in [-0.25, -0.2) is 4.79 Å². The van der Waals surface area contributed by atoms with Gasteiger partial charge in [-0.05, 0) is 44.4 Å². The summed E-state index contributed by atoms with van der Waals surface area (Å²) in [6, 6.07) is 4.36. The van der Waals surface area contributed by atoms with Crippen molar-refractivity contribution in [3.05, 3.63) is 23.8 Å². The lowest BCUT2D eigenvalue weighted by Crippen LogP contribution is -2.31. The van der Waals surface area contributed by atoms with Crippen LogP contribution in [0, 0.1) is 0 Å². The lowest BCUT2D eigenvalue weighted by atomic mass is 9.79. The Morgan fingerprint density at radius 3 is 2.35 bits per heavy atom. The Balaban J connectivity index is 3.02. The van der Waals surface area contributed by atoms with Crippen LogP contribution in [0.3, 0.4) is 0 Å². The van der Waals surface area contributed by atoms with E-state index < -0.39 is 18.7 Å². The first-order chi connectivity index (χ1) is 7.69. The van der Waals surface area contributed by atoms with E-state index in [-0.39, 0.29) is 11.0 Å². The van der Waals surface area contributed by atoms with E-state index in [4.69, 9.17) is 14.8 Å². The van der Waals surface area contributed by atoms with Crippen LogP contribution < -0.4 is 5.46 Å². The number of hydrogen-bond acceptors (Lipinski definition) is 5. The van der Waals surface area contributed by atoms with Crippen LogP contribution in [0.1, 0.15) is 31.1 Å². The molecule has 92 valence electrons. The first kappa shape index (κ1) is 14.1. The van der Waals surface area contributed by atoms with Crippen molar-refractivity contribution < 1.29 is 19.6 Å². The largest absolute Gasteiger partial charge is 0.488 e. The minimum absolute atomic E-state index is 0.207. The summed E-state index contributed by atoms with van der Waals surface area (Å²) in [7, 11) is -1.64. The number of esters is 1. The first-order valence-electron chi connectivity index (χ1n) is 5.12. The van der Waals surface area contributed by atoms with Crippen LogP contribution in [-0.4, -0.2) is 28.7 Å². The highest BCUT2D eigenvalue weighted by molar-refractivity contribution is 7.80. The lowest BCUT2D eigenvalue weighted by molar-refractivity contribution is 0.00694. The molecule has 0 aliphatic carbocycles. The van der Waals surface area contributed by atoms with Crippen molar-refractivity contribution in [2.45, 2.75) is 31.3 Å². The molecule has 0 saturated carbocycles. The van der Waals surface area contributed by atoms with Crippen LogP contribution in [0.15, 0.2) is 23.1 Å². The summed E-state index contributed by atoms with van der Waals surface area (Å²) in [5.74, 6) is -0.518. The third kappa shape index (κ3) is 4.42. The van der Waals surface area contributed by atoms with Gasteiger partial charge < -0.3 is 14.8 Å². The molecular formula is C11H15BO4S. The second kappa shape index (κ2) is 5.12. The molecule has 0 saturated heterocycles. The van der Waals surface area contributed by atoms with Gasteiger partial charge in [0.15, 0.2) is 0 Å². The molecule has 4 nitrogen and oxygen atoms in total. The molecule has 0 amide bonds. The number of ether oxygens (including phenoxy) is 1. The Morgan fingerprint density at radius 2 is 1.88 bits per heavy atom. The fourth-order valence-corrected chi connectivity index (χ4v) is 1.53. The third-order valence-corrected chi connectivity index (χ3v) is 2.13. The Hall–Kier alpha value is -0.975. The Labute approximate surface area is 106 Å². The van der Waals surface area contributed by atoms with E-state index >= 15 is 0 Å². The second-order valence-electron chi connectivity index (χ2n) is 4.69. The summed E-state index contributed by atoms with van der Waals surface area (Å²) < 4.78 is 5.18. The van der Waals surface area contributed by atoms with Crippen molar-refractivity contribution in [1.82, 2.24) is 0 Å². The van der Waals surface area contributed by atoms with Crippen molar-refractivity contribution in [2.24, 2.45) is 0 Å². The van der Waals surface area contributed by atoms with Gasteiger partial charge in [-0.2, -0.15) is 0 Å². The minimum atomic E-state index is -1.64. The zero-order chi connectivity index (χ0) is 13.2. The van der Waals surface area contributed by atoms with Crippen molar-refractivity contribution in [1.29, 1.82) is 0 Å². The summed E-state index contributed by atoms with van der Waals surface area (Å²) in [4.78, 5) is 12.2. The number of hydrogen-bond donors (Lipinski definition) is 3. The highest BCUT2D eigenvalue weighted by Gasteiger charge is 2.20. The molecular weight excluding hydrogens is 239 g/mol. The molecule has 0 aliphatic rings. The molecule has 0 unspecified atom stereocenters. The molecule has 0 radical (unpaired) electrons. The molecule has 1 rings (SSSR count). The van der Waals surface area contributed by atoms with Crippen LogP contribution >= 0.6 is 12.6 Å². The molecule has 0 heterocycles. The third-order valence-electron chi connectivity index (χ3n) is 1.87. The van der Waals surface area contributed by atoms with Crippen LogP contribution in [0.2, 0.25) is 0 Å². The Bertz CT molecular complexity index is 426. The van der Waals surface area contributed by atoms with Crippen molar-refractivity contribution in [2.75, 3.05) is 0 Å². The molecule has 0 aliphatic heterocycles. The summed E-state index contributed by atoms with van der Waals surface area (Å²) in [5, 5.41) is 18.1. The van der Waals surface area contributed by atoms with Gasteiger partial charge >= 0.3 is 13.1 Å². The lowest BCUT2D eigenvalue weighted by Gasteiger charge is -2.19. The van der Waals surface area contributed by atoms with E-state index in [1.165, 1.54) is 18.2 Å². The normalized spacial score (nSPS) is 11.2. The molecule has 17 heavy (non-hydrogen) atoms. The van der Waals surface area contributed by atoms with E-state index in [1.54, 1.807) is 20.8 Å². The maximum Gasteiger partial charge on any atom is 0.488 e. The van der Waals surface area contributed by atoms with Gasteiger partial charge in [-0.3, -0.25) is 0 Å². The molecule has 2 N–H and O–H groups in total.